The Kier molecular flexibility index (Phi) is 4.33. The molecule has 0 amide bonds. The van der Waals surface area contributed by atoms with Crippen molar-refractivity contribution in [3.05, 3.63) is 56.8 Å². The molecular formula is C20H23N5O3. The van der Waals surface area contributed by atoms with Gasteiger partial charge in [0.05, 0.1) is 12.8 Å². The number of hydrogen-bond acceptors (Lipinski definition) is 5. The van der Waals surface area contributed by atoms with Gasteiger partial charge in [-0.15, -0.1) is 0 Å². The molecule has 3 heterocycles. The van der Waals surface area contributed by atoms with Gasteiger partial charge in [-0.05, 0) is 31.5 Å². The lowest BCUT2D eigenvalue weighted by Gasteiger charge is -2.19. The summed E-state index contributed by atoms with van der Waals surface area (Å²) >= 11 is 0. The molecule has 8 heteroatoms. The van der Waals surface area contributed by atoms with Gasteiger partial charge in [0, 0.05) is 26.7 Å². The van der Waals surface area contributed by atoms with Crippen LogP contribution < -0.4 is 20.9 Å². The van der Waals surface area contributed by atoms with Gasteiger partial charge in [0.15, 0.2) is 11.2 Å². The molecule has 0 saturated heterocycles. The monoisotopic (exact) mass is 381 g/mol. The number of hydrogen-bond donors (Lipinski definition) is 0. The number of aryl methyl sites for hydroxylation is 2. The lowest BCUT2D eigenvalue weighted by molar-refractivity contribution is 0.415. The quantitative estimate of drug-likeness (QED) is 0.646. The van der Waals surface area contributed by atoms with Crippen LogP contribution >= 0.6 is 0 Å². The van der Waals surface area contributed by atoms with E-state index in [4.69, 9.17) is 4.74 Å². The van der Waals surface area contributed by atoms with Crippen LogP contribution in [0.2, 0.25) is 0 Å². The third kappa shape index (κ3) is 2.56. The van der Waals surface area contributed by atoms with Crippen molar-refractivity contribution < 1.29 is 4.74 Å². The SMILES string of the molecule is C/C=C\Cn1c(=O)c2c(nc3n2CCN3c2cc(C)ccc2OC)n(C)c1=O. The Labute approximate surface area is 161 Å². The van der Waals surface area contributed by atoms with Crippen LogP contribution in [0, 0.1) is 6.92 Å². The Hall–Kier alpha value is -3.29. The number of methoxy groups -OCH3 is 1. The highest BCUT2D eigenvalue weighted by molar-refractivity contribution is 5.79. The summed E-state index contributed by atoms with van der Waals surface area (Å²) in [4.78, 5) is 32.4. The summed E-state index contributed by atoms with van der Waals surface area (Å²) < 4.78 is 10.1. The standard InChI is InChI=1S/C20H23N5O3/c1-5-6-9-25-18(26)16-17(22(3)20(25)27)21-19-23(10-11-24(16)19)14-12-13(2)7-8-15(14)28-4/h5-8,12H,9-11H2,1-4H3/b6-5-. The number of fused-ring (bicyclic) bond motifs is 3. The van der Waals surface area contributed by atoms with E-state index in [-0.39, 0.29) is 17.8 Å². The number of ether oxygens (including phenoxy) is 1. The van der Waals surface area contributed by atoms with E-state index in [0.717, 1.165) is 17.0 Å². The maximum atomic E-state index is 13.1. The van der Waals surface area contributed by atoms with Crippen LogP contribution in [0.25, 0.3) is 11.2 Å². The second kappa shape index (κ2) is 6.70. The lowest BCUT2D eigenvalue weighted by atomic mass is 10.2. The number of benzene rings is 1. The van der Waals surface area contributed by atoms with Crippen LogP contribution in [0.3, 0.4) is 0 Å². The van der Waals surface area contributed by atoms with Gasteiger partial charge in [-0.2, -0.15) is 4.98 Å². The number of aromatic nitrogens is 4. The summed E-state index contributed by atoms with van der Waals surface area (Å²) in [7, 11) is 3.29. The summed E-state index contributed by atoms with van der Waals surface area (Å²) in [5.74, 6) is 1.39. The molecule has 8 nitrogen and oxygen atoms in total. The van der Waals surface area contributed by atoms with E-state index >= 15 is 0 Å². The molecule has 0 spiro atoms. The highest BCUT2D eigenvalue weighted by Crippen LogP contribution is 2.37. The third-order valence-corrected chi connectivity index (χ3v) is 5.15. The maximum Gasteiger partial charge on any atom is 0.332 e. The van der Waals surface area contributed by atoms with Crippen molar-refractivity contribution in [2.75, 3.05) is 18.6 Å². The normalized spacial score (nSPS) is 13.6. The number of nitrogens with zero attached hydrogens (tertiary/aromatic N) is 5. The molecule has 0 saturated carbocycles. The summed E-state index contributed by atoms with van der Waals surface area (Å²) in [6.45, 7) is 5.41. The lowest BCUT2D eigenvalue weighted by Crippen LogP contribution is -2.39. The first kappa shape index (κ1) is 18.1. The van der Waals surface area contributed by atoms with Gasteiger partial charge in [0.25, 0.3) is 5.56 Å². The van der Waals surface area contributed by atoms with Crippen molar-refractivity contribution >= 4 is 22.8 Å². The predicted molar refractivity (Wildman–Crippen MR) is 109 cm³/mol. The molecule has 2 aromatic heterocycles. The van der Waals surface area contributed by atoms with Crippen molar-refractivity contribution in [3.8, 4) is 5.75 Å². The molecule has 28 heavy (non-hydrogen) atoms. The van der Waals surface area contributed by atoms with Gasteiger partial charge in [-0.1, -0.05) is 18.2 Å². The van der Waals surface area contributed by atoms with E-state index in [0.29, 0.717) is 30.2 Å². The summed E-state index contributed by atoms with van der Waals surface area (Å²) in [6.07, 6.45) is 3.61. The van der Waals surface area contributed by atoms with Crippen molar-refractivity contribution in [3.63, 3.8) is 0 Å². The summed E-state index contributed by atoms with van der Waals surface area (Å²) in [5, 5.41) is 0. The zero-order valence-corrected chi connectivity index (χ0v) is 16.5. The third-order valence-electron chi connectivity index (χ3n) is 5.15. The topological polar surface area (TPSA) is 74.3 Å². The number of anilines is 2. The van der Waals surface area contributed by atoms with Gasteiger partial charge in [0.1, 0.15) is 5.75 Å². The fourth-order valence-electron chi connectivity index (χ4n) is 3.69. The molecule has 1 aliphatic rings. The van der Waals surface area contributed by atoms with Crippen LogP contribution in [-0.2, 0) is 20.1 Å². The van der Waals surface area contributed by atoms with Crippen molar-refractivity contribution in [1.82, 2.24) is 18.7 Å². The Morgan fingerprint density at radius 1 is 1.25 bits per heavy atom. The predicted octanol–water partition coefficient (Wildman–Crippen LogP) is 1.94. The largest absolute Gasteiger partial charge is 0.495 e. The van der Waals surface area contributed by atoms with Gasteiger partial charge in [-0.25, -0.2) is 4.79 Å². The molecule has 0 fully saturated rings. The second-order valence-electron chi connectivity index (χ2n) is 6.89. The molecule has 1 aliphatic heterocycles. The van der Waals surface area contributed by atoms with Gasteiger partial charge < -0.3 is 14.2 Å². The van der Waals surface area contributed by atoms with Gasteiger partial charge >= 0.3 is 5.69 Å². The minimum absolute atomic E-state index is 0.244. The van der Waals surface area contributed by atoms with E-state index in [1.165, 1.54) is 9.13 Å². The van der Waals surface area contributed by atoms with Crippen molar-refractivity contribution in [2.45, 2.75) is 26.9 Å². The van der Waals surface area contributed by atoms with Crippen LogP contribution in [0.15, 0.2) is 39.9 Å². The zero-order valence-electron chi connectivity index (χ0n) is 16.5. The first-order chi connectivity index (χ1) is 13.5. The maximum absolute atomic E-state index is 13.1. The molecule has 0 bridgehead atoms. The average Bonchev–Trinajstić information content (AvgIpc) is 3.25. The summed E-state index contributed by atoms with van der Waals surface area (Å²) in [6, 6.07) is 5.96. The molecular weight excluding hydrogens is 358 g/mol. The highest BCUT2D eigenvalue weighted by atomic mass is 16.5. The first-order valence-corrected chi connectivity index (χ1v) is 9.21. The van der Waals surface area contributed by atoms with E-state index in [1.807, 2.05) is 47.6 Å². The second-order valence-corrected chi connectivity index (χ2v) is 6.89. The Bertz CT molecular complexity index is 1220. The van der Waals surface area contributed by atoms with Crippen molar-refractivity contribution in [2.24, 2.45) is 7.05 Å². The Morgan fingerprint density at radius 2 is 2.04 bits per heavy atom. The van der Waals surface area contributed by atoms with E-state index in [9.17, 15) is 9.59 Å². The molecule has 1 aromatic carbocycles. The Balaban J connectivity index is 1.96. The molecule has 3 aromatic rings. The van der Waals surface area contributed by atoms with Gasteiger partial charge in [-0.3, -0.25) is 13.9 Å². The number of imidazole rings is 1. The van der Waals surface area contributed by atoms with E-state index in [1.54, 1.807) is 20.2 Å². The van der Waals surface area contributed by atoms with Gasteiger partial charge in [0.2, 0.25) is 5.95 Å². The summed E-state index contributed by atoms with van der Waals surface area (Å²) in [5.41, 5.74) is 2.18. The number of allylic oxidation sites excluding steroid dienone is 2. The van der Waals surface area contributed by atoms with E-state index < -0.39 is 0 Å². The van der Waals surface area contributed by atoms with Crippen LogP contribution in [0.5, 0.6) is 5.75 Å². The fourth-order valence-corrected chi connectivity index (χ4v) is 3.69. The fraction of sp³-hybridized carbons (Fsp3) is 0.350. The smallest absolute Gasteiger partial charge is 0.332 e. The Morgan fingerprint density at radius 3 is 2.75 bits per heavy atom. The zero-order chi connectivity index (χ0) is 20.0. The molecule has 0 atom stereocenters. The molecule has 0 radical (unpaired) electrons. The number of rotatable bonds is 4. The van der Waals surface area contributed by atoms with Crippen molar-refractivity contribution in [1.29, 1.82) is 0 Å². The van der Waals surface area contributed by atoms with Crippen LogP contribution in [0.1, 0.15) is 12.5 Å². The molecule has 0 unspecified atom stereocenters. The van der Waals surface area contributed by atoms with Crippen LogP contribution in [-0.4, -0.2) is 32.3 Å². The minimum atomic E-state index is -0.368. The average molecular weight is 381 g/mol. The van der Waals surface area contributed by atoms with E-state index in [2.05, 4.69) is 4.98 Å². The van der Waals surface area contributed by atoms with Crippen LogP contribution in [0.4, 0.5) is 11.6 Å². The highest BCUT2D eigenvalue weighted by Gasteiger charge is 2.30. The minimum Gasteiger partial charge on any atom is -0.495 e. The molecule has 146 valence electrons. The molecule has 0 aliphatic carbocycles. The first-order valence-electron chi connectivity index (χ1n) is 9.21. The molecule has 0 N–H and O–H groups in total. The molecule has 4 rings (SSSR count).